The van der Waals surface area contributed by atoms with Crippen molar-refractivity contribution in [2.24, 2.45) is 17.1 Å². The number of hydrogen-bond acceptors (Lipinski definition) is 2. The second kappa shape index (κ2) is 8.97. The fourth-order valence-corrected chi connectivity index (χ4v) is 3.66. The molecule has 0 saturated heterocycles. The maximum Gasteiger partial charge on any atom is 0.0608 e. The summed E-state index contributed by atoms with van der Waals surface area (Å²) < 4.78 is 0. The van der Waals surface area contributed by atoms with Gasteiger partial charge in [-0.15, -0.1) is 0 Å². The molecule has 3 N–H and O–H groups in total. The highest BCUT2D eigenvalue weighted by atomic mass is 16.3. The normalized spacial score (nSPS) is 28.7. The van der Waals surface area contributed by atoms with Crippen LogP contribution in [0.5, 0.6) is 0 Å². The Kier molecular flexibility index (Phi) is 8.01. The van der Waals surface area contributed by atoms with Crippen LogP contribution >= 0.6 is 0 Å². The van der Waals surface area contributed by atoms with Gasteiger partial charge in [0.1, 0.15) is 0 Å². The van der Waals surface area contributed by atoms with E-state index in [0.717, 1.165) is 25.2 Å². The zero-order valence-electron chi connectivity index (χ0n) is 13.2. The van der Waals surface area contributed by atoms with Gasteiger partial charge in [-0.1, -0.05) is 65.2 Å². The third-order valence-corrected chi connectivity index (χ3v) is 5.08. The molecule has 0 heterocycles. The molecular formula is C17H35NO. The van der Waals surface area contributed by atoms with Gasteiger partial charge in [0.25, 0.3) is 0 Å². The molecule has 2 heteroatoms. The summed E-state index contributed by atoms with van der Waals surface area (Å²) in [6.07, 6.45) is 13.5. The lowest BCUT2D eigenvalue weighted by atomic mass is 9.77. The molecule has 0 radical (unpaired) electrons. The van der Waals surface area contributed by atoms with Crippen LogP contribution < -0.4 is 5.73 Å². The summed E-state index contributed by atoms with van der Waals surface area (Å²) in [7, 11) is 0. The lowest BCUT2D eigenvalue weighted by Gasteiger charge is -2.33. The first-order chi connectivity index (χ1) is 9.14. The lowest BCUT2D eigenvalue weighted by molar-refractivity contribution is 0.0237. The smallest absolute Gasteiger partial charge is 0.0608 e. The van der Waals surface area contributed by atoms with E-state index in [2.05, 4.69) is 13.8 Å². The fourth-order valence-electron chi connectivity index (χ4n) is 3.66. The van der Waals surface area contributed by atoms with Gasteiger partial charge in [-0.05, 0) is 25.2 Å². The summed E-state index contributed by atoms with van der Waals surface area (Å²) in [6.45, 7) is 5.21. The third kappa shape index (κ3) is 5.43. The maximum atomic E-state index is 10.5. The molecule has 3 unspecified atom stereocenters. The molecule has 0 aromatic carbocycles. The molecule has 2 nitrogen and oxygen atoms in total. The van der Waals surface area contributed by atoms with Gasteiger partial charge in [0.2, 0.25) is 0 Å². The SMILES string of the molecule is CCCCCCCCCC(O)C1(CN)CCC(C)C1. The standard InChI is InChI=1S/C17H35NO/c1-3-4-5-6-7-8-9-10-16(19)17(14-18)12-11-15(2)13-17/h15-16,19H,3-14,18H2,1-2H3. The molecule has 3 atom stereocenters. The monoisotopic (exact) mass is 269 g/mol. The number of hydrogen-bond donors (Lipinski definition) is 2. The Bertz CT molecular complexity index is 231. The van der Waals surface area contributed by atoms with Crippen molar-refractivity contribution in [1.82, 2.24) is 0 Å². The van der Waals surface area contributed by atoms with Crippen molar-refractivity contribution in [1.29, 1.82) is 0 Å². The average Bonchev–Trinajstić information content (AvgIpc) is 2.80. The minimum Gasteiger partial charge on any atom is -0.393 e. The van der Waals surface area contributed by atoms with E-state index >= 15 is 0 Å². The van der Waals surface area contributed by atoms with E-state index in [1.807, 2.05) is 0 Å². The average molecular weight is 269 g/mol. The largest absolute Gasteiger partial charge is 0.393 e. The van der Waals surface area contributed by atoms with Crippen LogP contribution in [0.4, 0.5) is 0 Å². The van der Waals surface area contributed by atoms with Crippen LogP contribution in [0.3, 0.4) is 0 Å². The molecule has 0 spiro atoms. The Balaban J connectivity index is 2.14. The Morgan fingerprint density at radius 1 is 1.16 bits per heavy atom. The minimum absolute atomic E-state index is 0.0433. The van der Waals surface area contributed by atoms with E-state index in [1.165, 1.54) is 51.4 Å². The summed E-state index contributed by atoms with van der Waals surface area (Å²) in [5, 5.41) is 10.5. The van der Waals surface area contributed by atoms with Crippen molar-refractivity contribution >= 4 is 0 Å². The zero-order chi connectivity index (χ0) is 14.1. The van der Waals surface area contributed by atoms with E-state index in [0.29, 0.717) is 6.54 Å². The summed E-state index contributed by atoms with van der Waals surface area (Å²) in [5.41, 5.74) is 6.00. The Labute approximate surface area is 120 Å². The second-order valence-corrected chi connectivity index (χ2v) is 6.84. The maximum absolute atomic E-state index is 10.5. The molecule has 0 aromatic heterocycles. The highest BCUT2D eigenvalue weighted by Crippen LogP contribution is 2.44. The molecule has 0 aliphatic heterocycles. The molecular weight excluding hydrogens is 234 g/mol. The number of unbranched alkanes of at least 4 members (excludes halogenated alkanes) is 6. The van der Waals surface area contributed by atoms with Crippen molar-refractivity contribution < 1.29 is 5.11 Å². The van der Waals surface area contributed by atoms with Crippen LogP contribution in [-0.4, -0.2) is 17.8 Å². The van der Waals surface area contributed by atoms with Crippen LogP contribution in [0.25, 0.3) is 0 Å². The molecule has 1 aliphatic rings. The molecule has 1 aliphatic carbocycles. The molecule has 1 saturated carbocycles. The van der Waals surface area contributed by atoms with E-state index in [1.54, 1.807) is 0 Å². The van der Waals surface area contributed by atoms with Gasteiger partial charge in [0, 0.05) is 12.0 Å². The second-order valence-electron chi connectivity index (χ2n) is 6.84. The first kappa shape index (κ1) is 17.0. The zero-order valence-corrected chi connectivity index (χ0v) is 13.2. The van der Waals surface area contributed by atoms with E-state index in [4.69, 9.17) is 5.73 Å². The fraction of sp³-hybridized carbons (Fsp3) is 1.00. The van der Waals surface area contributed by atoms with Crippen molar-refractivity contribution in [3.8, 4) is 0 Å². The van der Waals surface area contributed by atoms with Gasteiger partial charge >= 0.3 is 0 Å². The van der Waals surface area contributed by atoms with E-state index in [9.17, 15) is 5.11 Å². The van der Waals surface area contributed by atoms with Gasteiger partial charge in [-0.2, -0.15) is 0 Å². The highest BCUT2D eigenvalue weighted by Gasteiger charge is 2.41. The third-order valence-electron chi connectivity index (χ3n) is 5.08. The Hall–Kier alpha value is -0.0800. The predicted molar refractivity (Wildman–Crippen MR) is 83.1 cm³/mol. The van der Waals surface area contributed by atoms with Crippen LogP contribution in [0, 0.1) is 11.3 Å². The Morgan fingerprint density at radius 2 is 1.79 bits per heavy atom. The van der Waals surface area contributed by atoms with Crippen LogP contribution in [-0.2, 0) is 0 Å². The summed E-state index contributed by atoms with van der Waals surface area (Å²) in [5.74, 6) is 0.743. The predicted octanol–water partition coefficient (Wildman–Crippen LogP) is 4.25. The summed E-state index contributed by atoms with van der Waals surface area (Å²) >= 11 is 0. The minimum atomic E-state index is -0.168. The molecule has 1 rings (SSSR count). The number of aliphatic hydroxyl groups is 1. The highest BCUT2D eigenvalue weighted by molar-refractivity contribution is 4.93. The molecule has 114 valence electrons. The molecule has 0 aromatic rings. The van der Waals surface area contributed by atoms with Crippen molar-refractivity contribution in [3.05, 3.63) is 0 Å². The summed E-state index contributed by atoms with van der Waals surface area (Å²) in [4.78, 5) is 0. The first-order valence-corrected chi connectivity index (χ1v) is 8.52. The van der Waals surface area contributed by atoms with Crippen molar-refractivity contribution in [3.63, 3.8) is 0 Å². The van der Waals surface area contributed by atoms with Crippen LogP contribution in [0.1, 0.15) is 84.5 Å². The number of aliphatic hydroxyl groups excluding tert-OH is 1. The topological polar surface area (TPSA) is 46.2 Å². The van der Waals surface area contributed by atoms with Gasteiger partial charge in [-0.3, -0.25) is 0 Å². The quantitative estimate of drug-likeness (QED) is 0.582. The molecule has 0 bridgehead atoms. The Morgan fingerprint density at radius 3 is 2.32 bits per heavy atom. The van der Waals surface area contributed by atoms with Gasteiger partial charge in [-0.25, -0.2) is 0 Å². The molecule has 0 amide bonds. The molecule has 1 fully saturated rings. The van der Waals surface area contributed by atoms with Gasteiger partial charge in [0.05, 0.1) is 6.10 Å². The summed E-state index contributed by atoms with van der Waals surface area (Å²) in [6, 6.07) is 0. The number of nitrogens with two attached hydrogens (primary N) is 1. The first-order valence-electron chi connectivity index (χ1n) is 8.52. The van der Waals surface area contributed by atoms with Gasteiger partial charge < -0.3 is 10.8 Å². The van der Waals surface area contributed by atoms with Crippen molar-refractivity contribution in [2.45, 2.75) is 90.6 Å². The van der Waals surface area contributed by atoms with Crippen LogP contribution in [0.15, 0.2) is 0 Å². The molecule has 19 heavy (non-hydrogen) atoms. The van der Waals surface area contributed by atoms with Crippen LogP contribution in [0.2, 0.25) is 0 Å². The lowest BCUT2D eigenvalue weighted by Crippen LogP contribution is -2.39. The van der Waals surface area contributed by atoms with Gasteiger partial charge in [0.15, 0.2) is 0 Å². The van der Waals surface area contributed by atoms with E-state index in [-0.39, 0.29) is 11.5 Å². The van der Waals surface area contributed by atoms with Crippen molar-refractivity contribution in [2.75, 3.05) is 6.54 Å². The number of rotatable bonds is 10. The van der Waals surface area contributed by atoms with E-state index < -0.39 is 0 Å².